The Bertz CT molecular complexity index is 641. The van der Waals surface area contributed by atoms with Gasteiger partial charge in [-0.3, -0.25) is 0 Å². The summed E-state index contributed by atoms with van der Waals surface area (Å²) in [6, 6.07) is 9.74. The molecule has 0 saturated heterocycles. The second-order valence-corrected chi connectivity index (χ2v) is 5.13. The number of rotatable bonds is 5. The first-order valence-electron chi connectivity index (χ1n) is 7.42. The maximum absolute atomic E-state index is 5.94. The number of nitrogens with zero attached hydrogens (tertiary/aromatic N) is 1. The monoisotopic (exact) mass is 284 g/mol. The average molecular weight is 284 g/mol. The van der Waals surface area contributed by atoms with Gasteiger partial charge in [0, 0.05) is 23.9 Å². The van der Waals surface area contributed by atoms with Crippen molar-refractivity contribution in [2.45, 2.75) is 32.7 Å². The molecule has 1 heterocycles. The average Bonchev–Trinajstić information content (AvgIpc) is 2.94. The summed E-state index contributed by atoms with van der Waals surface area (Å²) in [5.74, 6) is 2.14. The van der Waals surface area contributed by atoms with E-state index in [-0.39, 0.29) is 0 Å². The van der Waals surface area contributed by atoms with E-state index in [1.165, 1.54) is 5.56 Å². The standard InChI is InChI=1S/C17H20N2O2/c1-2-20-14-6-4-7-15(10-14)21-17-13(11-18)9-12-5-3-8-16(12)19-17/h4,6-7,9-10H,2-3,5,8,11,18H2,1H3. The molecule has 2 N–H and O–H groups in total. The van der Waals surface area contributed by atoms with Crippen molar-refractivity contribution in [3.05, 3.63) is 47.2 Å². The molecule has 1 aromatic heterocycles. The van der Waals surface area contributed by atoms with E-state index in [0.29, 0.717) is 19.0 Å². The lowest BCUT2D eigenvalue weighted by Gasteiger charge is -2.12. The van der Waals surface area contributed by atoms with Gasteiger partial charge in [0.2, 0.25) is 5.88 Å². The van der Waals surface area contributed by atoms with Crippen molar-refractivity contribution in [1.82, 2.24) is 4.98 Å². The van der Waals surface area contributed by atoms with Crippen LogP contribution in [0, 0.1) is 0 Å². The van der Waals surface area contributed by atoms with Crippen LogP contribution in [0.1, 0.15) is 30.2 Å². The van der Waals surface area contributed by atoms with Crippen LogP contribution in [0.25, 0.3) is 0 Å². The molecule has 0 saturated carbocycles. The molecule has 4 nitrogen and oxygen atoms in total. The Morgan fingerprint density at radius 3 is 2.86 bits per heavy atom. The fraction of sp³-hybridized carbons (Fsp3) is 0.353. The van der Waals surface area contributed by atoms with Crippen molar-refractivity contribution in [1.29, 1.82) is 0 Å². The lowest BCUT2D eigenvalue weighted by Crippen LogP contribution is -2.04. The van der Waals surface area contributed by atoms with E-state index in [1.807, 2.05) is 31.2 Å². The minimum Gasteiger partial charge on any atom is -0.494 e. The third-order valence-corrected chi connectivity index (χ3v) is 3.64. The van der Waals surface area contributed by atoms with Crippen LogP contribution in [0.5, 0.6) is 17.4 Å². The third kappa shape index (κ3) is 3.00. The van der Waals surface area contributed by atoms with Gasteiger partial charge in [-0.2, -0.15) is 0 Å². The molecule has 21 heavy (non-hydrogen) atoms. The quantitative estimate of drug-likeness (QED) is 0.916. The van der Waals surface area contributed by atoms with Crippen molar-refractivity contribution >= 4 is 0 Å². The van der Waals surface area contributed by atoms with Gasteiger partial charge in [0.05, 0.1) is 6.61 Å². The molecule has 1 aliphatic rings. The van der Waals surface area contributed by atoms with Crippen LogP contribution >= 0.6 is 0 Å². The van der Waals surface area contributed by atoms with Gasteiger partial charge < -0.3 is 15.2 Å². The molecule has 3 rings (SSSR count). The van der Waals surface area contributed by atoms with Crippen molar-refractivity contribution in [3.8, 4) is 17.4 Å². The van der Waals surface area contributed by atoms with E-state index in [1.54, 1.807) is 0 Å². The number of aryl methyl sites for hydroxylation is 2. The molecule has 0 bridgehead atoms. The molecular formula is C17H20N2O2. The van der Waals surface area contributed by atoms with E-state index in [9.17, 15) is 0 Å². The minimum atomic E-state index is 0.431. The van der Waals surface area contributed by atoms with E-state index in [4.69, 9.17) is 15.2 Å². The zero-order valence-electron chi connectivity index (χ0n) is 12.3. The topological polar surface area (TPSA) is 57.4 Å². The largest absolute Gasteiger partial charge is 0.494 e. The highest BCUT2D eigenvalue weighted by atomic mass is 16.5. The molecule has 110 valence electrons. The molecule has 0 unspecified atom stereocenters. The summed E-state index contributed by atoms with van der Waals surface area (Å²) in [5.41, 5.74) is 9.24. The Labute approximate surface area is 124 Å². The summed E-state index contributed by atoms with van der Waals surface area (Å²) in [4.78, 5) is 4.65. The summed E-state index contributed by atoms with van der Waals surface area (Å²) in [6.45, 7) is 3.03. The second-order valence-electron chi connectivity index (χ2n) is 5.13. The maximum Gasteiger partial charge on any atom is 0.223 e. The van der Waals surface area contributed by atoms with Gasteiger partial charge in [-0.25, -0.2) is 4.98 Å². The van der Waals surface area contributed by atoms with E-state index >= 15 is 0 Å². The number of ether oxygens (including phenoxy) is 2. The molecule has 1 aliphatic carbocycles. The summed E-state index contributed by atoms with van der Waals surface area (Å²) in [5, 5.41) is 0. The van der Waals surface area contributed by atoms with Gasteiger partial charge in [-0.1, -0.05) is 6.07 Å². The van der Waals surface area contributed by atoms with Crippen LogP contribution in [0.15, 0.2) is 30.3 Å². The van der Waals surface area contributed by atoms with E-state index in [0.717, 1.165) is 42.0 Å². The zero-order chi connectivity index (χ0) is 14.7. The number of hydrogen-bond acceptors (Lipinski definition) is 4. The molecule has 4 heteroatoms. The SMILES string of the molecule is CCOc1cccc(Oc2nc3c(cc2CN)CCC3)c1. The molecule has 0 radical (unpaired) electrons. The first-order valence-corrected chi connectivity index (χ1v) is 7.42. The molecule has 0 fully saturated rings. The smallest absolute Gasteiger partial charge is 0.223 e. The number of pyridine rings is 1. The molecule has 0 atom stereocenters. The normalized spacial score (nSPS) is 13.0. The van der Waals surface area contributed by atoms with Gasteiger partial charge in [0.15, 0.2) is 0 Å². The van der Waals surface area contributed by atoms with Crippen LogP contribution in [0.2, 0.25) is 0 Å². The Balaban J connectivity index is 1.89. The minimum absolute atomic E-state index is 0.431. The highest BCUT2D eigenvalue weighted by Crippen LogP contribution is 2.30. The van der Waals surface area contributed by atoms with Crippen LogP contribution in [0.3, 0.4) is 0 Å². The fourth-order valence-electron chi connectivity index (χ4n) is 2.64. The highest BCUT2D eigenvalue weighted by molar-refractivity contribution is 5.41. The lowest BCUT2D eigenvalue weighted by atomic mass is 10.1. The molecule has 0 aliphatic heterocycles. The van der Waals surface area contributed by atoms with Gasteiger partial charge in [-0.05, 0) is 49.9 Å². The predicted octanol–water partition coefficient (Wildman–Crippen LogP) is 3.22. The first kappa shape index (κ1) is 13.9. The molecule has 0 amide bonds. The predicted molar refractivity (Wildman–Crippen MR) is 81.8 cm³/mol. The Hall–Kier alpha value is -2.07. The Morgan fingerprint density at radius 1 is 1.19 bits per heavy atom. The van der Waals surface area contributed by atoms with Gasteiger partial charge in [0.1, 0.15) is 11.5 Å². The van der Waals surface area contributed by atoms with Crippen LogP contribution in [-0.4, -0.2) is 11.6 Å². The molecule has 1 aromatic carbocycles. The van der Waals surface area contributed by atoms with Crippen LogP contribution in [-0.2, 0) is 19.4 Å². The third-order valence-electron chi connectivity index (χ3n) is 3.64. The van der Waals surface area contributed by atoms with E-state index in [2.05, 4.69) is 11.1 Å². The van der Waals surface area contributed by atoms with Gasteiger partial charge >= 0.3 is 0 Å². The summed E-state index contributed by atoms with van der Waals surface area (Å²) < 4.78 is 11.4. The van der Waals surface area contributed by atoms with Crippen LogP contribution < -0.4 is 15.2 Å². The van der Waals surface area contributed by atoms with Crippen molar-refractivity contribution < 1.29 is 9.47 Å². The van der Waals surface area contributed by atoms with Crippen molar-refractivity contribution in [2.75, 3.05) is 6.61 Å². The maximum atomic E-state index is 5.94. The fourth-order valence-corrected chi connectivity index (χ4v) is 2.64. The van der Waals surface area contributed by atoms with Crippen molar-refractivity contribution in [2.24, 2.45) is 5.73 Å². The van der Waals surface area contributed by atoms with Crippen LogP contribution in [0.4, 0.5) is 0 Å². The molecule has 2 aromatic rings. The number of benzene rings is 1. The number of aromatic nitrogens is 1. The number of nitrogens with two attached hydrogens (primary N) is 1. The highest BCUT2D eigenvalue weighted by Gasteiger charge is 2.17. The first-order chi connectivity index (χ1) is 10.3. The van der Waals surface area contributed by atoms with Gasteiger partial charge in [-0.15, -0.1) is 0 Å². The summed E-state index contributed by atoms with van der Waals surface area (Å²) in [6.07, 6.45) is 3.28. The molecule has 0 spiro atoms. The lowest BCUT2D eigenvalue weighted by molar-refractivity contribution is 0.337. The van der Waals surface area contributed by atoms with Gasteiger partial charge in [0.25, 0.3) is 0 Å². The number of fused-ring (bicyclic) bond motifs is 1. The Kier molecular flexibility index (Phi) is 4.06. The number of hydrogen-bond donors (Lipinski definition) is 1. The zero-order valence-corrected chi connectivity index (χ0v) is 12.3. The van der Waals surface area contributed by atoms with Crippen molar-refractivity contribution in [3.63, 3.8) is 0 Å². The second kappa shape index (κ2) is 6.14. The summed E-state index contributed by atoms with van der Waals surface area (Å²) >= 11 is 0. The Morgan fingerprint density at radius 2 is 2.05 bits per heavy atom. The molecular weight excluding hydrogens is 264 g/mol. The van der Waals surface area contributed by atoms with E-state index < -0.39 is 0 Å². The summed E-state index contributed by atoms with van der Waals surface area (Å²) in [7, 11) is 0.